The number of hydrogen-bond acceptors (Lipinski definition) is 1. The van der Waals surface area contributed by atoms with Crippen LogP contribution in [0.5, 0.6) is 0 Å². The van der Waals surface area contributed by atoms with E-state index in [9.17, 15) is 8.78 Å². The smallest absolute Gasteiger partial charge is 0.182 e. The molecule has 1 heterocycles. The van der Waals surface area contributed by atoms with Crippen LogP contribution in [0.3, 0.4) is 0 Å². The second-order valence-electron chi connectivity index (χ2n) is 4.48. The summed E-state index contributed by atoms with van der Waals surface area (Å²) < 4.78 is 29.8. The van der Waals surface area contributed by atoms with Crippen LogP contribution in [0, 0.1) is 23.3 Å². The first kappa shape index (κ1) is 13.5. The van der Waals surface area contributed by atoms with Crippen molar-refractivity contribution < 1.29 is 8.78 Å². The molecule has 0 aliphatic heterocycles. The van der Waals surface area contributed by atoms with Gasteiger partial charge in [0.1, 0.15) is 11.6 Å². The van der Waals surface area contributed by atoms with Gasteiger partial charge < -0.3 is 4.98 Å². The molecule has 1 aromatic heterocycles. The number of nitrogens with zero attached hydrogens (tertiary/aromatic N) is 1. The minimum Gasteiger partial charge on any atom is -0.330 e. The quantitative estimate of drug-likeness (QED) is 0.607. The Morgan fingerprint density at radius 2 is 1.90 bits per heavy atom. The zero-order valence-electron chi connectivity index (χ0n) is 10.4. The number of halogens is 3. The van der Waals surface area contributed by atoms with Gasteiger partial charge in [0.05, 0.1) is 21.2 Å². The highest BCUT2D eigenvalue weighted by atomic mass is 79.9. The van der Waals surface area contributed by atoms with Crippen molar-refractivity contribution in [3.05, 3.63) is 56.8 Å². The van der Waals surface area contributed by atoms with E-state index >= 15 is 0 Å². The van der Waals surface area contributed by atoms with E-state index in [0.717, 1.165) is 0 Å². The molecule has 2 aromatic carbocycles. The topological polar surface area (TPSA) is 20.7 Å². The number of fused-ring (bicyclic) bond motifs is 1. The molecule has 0 fully saturated rings. The van der Waals surface area contributed by atoms with Gasteiger partial charge in [0.25, 0.3) is 0 Å². The predicted molar refractivity (Wildman–Crippen MR) is 80.8 cm³/mol. The lowest BCUT2D eigenvalue weighted by Gasteiger charge is -2.06. The normalized spacial score (nSPS) is 11.2. The Balaban J connectivity index is 2.35. The average molecular weight is 355 g/mol. The van der Waals surface area contributed by atoms with Crippen molar-refractivity contribution in [3.63, 3.8) is 0 Å². The highest BCUT2D eigenvalue weighted by molar-refractivity contribution is 9.10. The number of aromatic amines is 1. The molecule has 2 nitrogen and oxygen atoms in total. The van der Waals surface area contributed by atoms with Gasteiger partial charge in [-0.25, -0.2) is 8.78 Å². The van der Waals surface area contributed by atoms with Crippen LogP contribution in [0.2, 0.25) is 0 Å². The SMILES string of the molecule is Cc1ccc(-n2c(=S)[nH]c3cc(Br)c(F)cc32)cc1F. The van der Waals surface area contributed by atoms with Gasteiger partial charge in [-0.15, -0.1) is 0 Å². The molecule has 3 rings (SSSR count). The number of hydrogen-bond donors (Lipinski definition) is 1. The molecule has 0 radical (unpaired) electrons. The van der Waals surface area contributed by atoms with Crippen LogP contribution in [-0.4, -0.2) is 9.55 Å². The molecule has 0 amide bonds. The van der Waals surface area contributed by atoms with Gasteiger partial charge in [-0.2, -0.15) is 0 Å². The molecule has 0 aliphatic carbocycles. The lowest BCUT2D eigenvalue weighted by molar-refractivity contribution is 0.617. The Morgan fingerprint density at radius 3 is 2.60 bits per heavy atom. The first-order valence-electron chi connectivity index (χ1n) is 5.83. The Morgan fingerprint density at radius 1 is 1.15 bits per heavy atom. The Bertz CT molecular complexity index is 883. The molecule has 1 N–H and O–H groups in total. The molecule has 0 spiro atoms. The number of nitrogens with one attached hydrogen (secondary N) is 1. The minimum atomic E-state index is -0.396. The Labute approximate surface area is 127 Å². The fraction of sp³-hybridized carbons (Fsp3) is 0.0714. The van der Waals surface area contributed by atoms with Crippen LogP contribution in [0.4, 0.5) is 8.78 Å². The van der Waals surface area contributed by atoms with Crippen molar-refractivity contribution in [3.8, 4) is 5.69 Å². The standard InChI is InChI=1S/C14H9BrF2N2S/c1-7-2-3-8(4-10(7)16)19-13-6-11(17)9(15)5-12(13)18-14(19)20/h2-6H,1H3,(H,18,20). The van der Waals surface area contributed by atoms with Crippen LogP contribution in [0.1, 0.15) is 5.56 Å². The summed E-state index contributed by atoms with van der Waals surface area (Å²) in [6.07, 6.45) is 0. The second kappa shape index (κ2) is 4.79. The maximum absolute atomic E-state index is 13.7. The highest BCUT2D eigenvalue weighted by Gasteiger charge is 2.11. The average Bonchev–Trinajstić information content (AvgIpc) is 2.69. The number of H-pyrrole nitrogens is 1. The van der Waals surface area contributed by atoms with E-state index in [1.54, 1.807) is 29.7 Å². The van der Waals surface area contributed by atoms with Gasteiger partial charge in [0.2, 0.25) is 0 Å². The Kier molecular flexibility index (Phi) is 3.22. The maximum Gasteiger partial charge on any atom is 0.182 e. The third-order valence-electron chi connectivity index (χ3n) is 3.14. The third kappa shape index (κ3) is 2.09. The minimum absolute atomic E-state index is 0.323. The predicted octanol–water partition coefficient (Wildman–Crippen LogP) is 5.04. The summed E-state index contributed by atoms with van der Waals surface area (Å²) in [5.41, 5.74) is 2.36. The van der Waals surface area contributed by atoms with Crippen molar-refractivity contribution in [1.29, 1.82) is 0 Å². The van der Waals surface area contributed by atoms with E-state index in [1.165, 1.54) is 12.1 Å². The van der Waals surface area contributed by atoms with Gasteiger partial charge >= 0.3 is 0 Å². The molecule has 0 bridgehead atoms. The van der Waals surface area contributed by atoms with E-state index in [1.807, 2.05) is 0 Å². The van der Waals surface area contributed by atoms with Crippen LogP contribution in [0.15, 0.2) is 34.8 Å². The van der Waals surface area contributed by atoms with Gasteiger partial charge in [-0.3, -0.25) is 4.57 Å². The first-order valence-corrected chi connectivity index (χ1v) is 7.04. The molecule has 3 aromatic rings. The summed E-state index contributed by atoms with van der Waals surface area (Å²) in [6, 6.07) is 7.78. The van der Waals surface area contributed by atoms with Gasteiger partial charge in [0.15, 0.2) is 4.77 Å². The molecule has 0 saturated heterocycles. The van der Waals surface area contributed by atoms with Crippen molar-refractivity contribution in [2.24, 2.45) is 0 Å². The summed E-state index contributed by atoms with van der Waals surface area (Å²) in [6.45, 7) is 1.68. The van der Waals surface area contributed by atoms with E-state index in [-0.39, 0.29) is 5.82 Å². The van der Waals surface area contributed by atoms with E-state index < -0.39 is 5.82 Å². The van der Waals surface area contributed by atoms with Gasteiger partial charge in [-0.05, 0) is 58.8 Å². The van der Waals surface area contributed by atoms with E-state index in [4.69, 9.17) is 12.2 Å². The maximum atomic E-state index is 13.7. The lowest BCUT2D eigenvalue weighted by Crippen LogP contribution is -1.96. The van der Waals surface area contributed by atoms with Crippen LogP contribution < -0.4 is 0 Å². The van der Waals surface area contributed by atoms with Crippen molar-refractivity contribution in [2.45, 2.75) is 6.92 Å². The van der Waals surface area contributed by atoms with Crippen molar-refractivity contribution >= 4 is 39.2 Å². The monoisotopic (exact) mass is 354 g/mol. The number of benzene rings is 2. The zero-order chi connectivity index (χ0) is 14.4. The second-order valence-corrected chi connectivity index (χ2v) is 5.72. The van der Waals surface area contributed by atoms with Gasteiger partial charge in [-0.1, -0.05) is 6.07 Å². The molecule has 0 aliphatic rings. The zero-order valence-corrected chi connectivity index (χ0v) is 12.8. The number of rotatable bonds is 1. The highest BCUT2D eigenvalue weighted by Crippen LogP contribution is 2.26. The van der Waals surface area contributed by atoms with Crippen molar-refractivity contribution in [1.82, 2.24) is 9.55 Å². The third-order valence-corrected chi connectivity index (χ3v) is 4.03. The molecule has 20 heavy (non-hydrogen) atoms. The summed E-state index contributed by atoms with van der Waals surface area (Å²) >= 11 is 8.37. The van der Waals surface area contributed by atoms with Crippen LogP contribution in [0.25, 0.3) is 16.7 Å². The van der Waals surface area contributed by atoms with E-state index in [2.05, 4.69) is 20.9 Å². The molecule has 0 saturated carbocycles. The summed E-state index contributed by atoms with van der Waals surface area (Å²) in [4.78, 5) is 2.99. The molecule has 6 heteroatoms. The lowest BCUT2D eigenvalue weighted by atomic mass is 10.2. The fourth-order valence-electron chi connectivity index (χ4n) is 2.08. The molecular weight excluding hydrogens is 346 g/mol. The molecule has 0 atom stereocenters. The fourth-order valence-corrected chi connectivity index (χ4v) is 2.74. The van der Waals surface area contributed by atoms with E-state index in [0.29, 0.717) is 31.5 Å². The van der Waals surface area contributed by atoms with Crippen molar-refractivity contribution in [2.75, 3.05) is 0 Å². The molecule has 102 valence electrons. The summed E-state index contributed by atoms with van der Waals surface area (Å²) in [5, 5.41) is 0. The molecule has 0 unspecified atom stereocenters. The number of aromatic nitrogens is 2. The number of aryl methyl sites for hydroxylation is 1. The summed E-state index contributed by atoms with van der Waals surface area (Å²) in [7, 11) is 0. The van der Waals surface area contributed by atoms with Crippen LogP contribution in [-0.2, 0) is 0 Å². The Hall–Kier alpha value is -1.53. The van der Waals surface area contributed by atoms with Gasteiger partial charge in [0, 0.05) is 6.07 Å². The summed E-state index contributed by atoms with van der Waals surface area (Å²) in [5.74, 6) is -0.718. The largest absolute Gasteiger partial charge is 0.330 e. The number of imidazole rings is 1. The van der Waals surface area contributed by atoms with Crippen LogP contribution >= 0.6 is 28.1 Å². The molecular formula is C14H9BrF2N2S. The first-order chi connectivity index (χ1) is 9.47.